The highest BCUT2D eigenvalue weighted by molar-refractivity contribution is 5.78. The number of nitrogens with zero attached hydrogens (tertiary/aromatic N) is 5. The summed E-state index contributed by atoms with van der Waals surface area (Å²) in [4.78, 5) is 31.0. The number of hydrogen-bond acceptors (Lipinski definition) is 6. The average Bonchev–Trinajstić information content (AvgIpc) is 2.62. The molecular formula is C17H21N5O2. The first-order chi connectivity index (χ1) is 11.6. The molecule has 1 saturated heterocycles. The van der Waals surface area contributed by atoms with Crippen LogP contribution in [0.1, 0.15) is 44.7 Å². The zero-order chi connectivity index (χ0) is 17.1. The molecule has 0 saturated carbocycles. The molecule has 2 aromatic heterocycles. The van der Waals surface area contributed by atoms with Crippen LogP contribution in [0.15, 0.2) is 24.7 Å². The molecule has 0 aliphatic carbocycles. The van der Waals surface area contributed by atoms with Crippen molar-refractivity contribution in [1.82, 2.24) is 19.9 Å². The normalized spacial score (nSPS) is 18.0. The standard InChI is InChI=1S/C17H21N5O2/c1-11(2)12-9-15(22-8-4-3-5-14(22)17(23)24)21-16(20-12)13-10-18-6-7-19-13/h6-7,9-11,14H,3-5,8H2,1-2H3,(H,23,24). The Labute approximate surface area is 140 Å². The van der Waals surface area contributed by atoms with Crippen molar-refractivity contribution in [3.05, 3.63) is 30.4 Å². The van der Waals surface area contributed by atoms with Crippen molar-refractivity contribution in [2.24, 2.45) is 0 Å². The van der Waals surface area contributed by atoms with E-state index in [0.29, 0.717) is 30.3 Å². The number of carboxylic acid groups (broad SMARTS) is 1. The monoisotopic (exact) mass is 327 g/mol. The van der Waals surface area contributed by atoms with E-state index >= 15 is 0 Å². The first-order valence-corrected chi connectivity index (χ1v) is 8.21. The molecule has 1 aliphatic heterocycles. The SMILES string of the molecule is CC(C)c1cc(N2CCCCC2C(=O)O)nc(-c2cnccn2)n1. The average molecular weight is 327 g/mol. The van der Waals surface area contributed by atoms with E-state index in [1.807, 2.05) is 11.0 Å². The maximum absolute atomic E-state index is 11.6. The molecule has 0 spiro atoms. The highest BCUT2D eigenvalue weighted by Crippen LogP contribution is 2.27. The highest BCUT2D eigenvalue weighted by Gasteiger charge is 2.30. The lowest BCUT2D eigenvalue weighted by molar-refractivity contribution is -0.139. The van der Waals surface area contributed by atoms with Gasteiger partial charge in [0, 0.05) is 30.7 Å². The van der Waals surface area contributed by atoms with Crippen LogP contribution >= 0.6 is 0 Å². The topological polar surface area (TPSA) is 92.1 Å². The summed E-state index contributed by atoms with van der Waals surface area (Å²) in [6, 6.07) is 1.36. The molecule has 1 atom stereocenters. The summed E-state index contributed by atoms with van der Waals surface area (Å²) in [7, 11) is 0. The van der Waals surface area contributed by atoms with E-state index in [1.165, 1.54) is 0 Å². The highest BCUT2D eigenvalue weighted by atomic mass is 16.4. The van der Waals surface area contributed by atoms with Crippen LogP contribution in [-0.4, -0.2) is 43.6 Å². The Kier molecular flexibility index (Phi) is 4.69. The number of aliphatic carboxylic acids is 1. The Morgan fingerprint density at radius 2 is 2.12 bits per heavy atom. The number of rotatable bonds is 4. The van der Waals surface area contributed by atoms with Gasteiger partial charge in [0.05, 0.1) is 6.20 Å². The third-order valence-electron chi connectivity index (χ3n) is 4.20. The zero-order valence-electron chi connectivity index (χ0n) is 13.9. The summed E-state index contributed by atoms with van der Waals surface area (Å²) >= 11 is 0. The van der Waals surface area contributed by atoms with Gasteiger partial charge in [0.2, 0.25) is 0 Å². The number of aromatic nitrogens is 4. The van der Waals surface area contributed by atoms with Gasteiger partial charge in [0.15, 0.2) is 5.82 Å². The molecule has 0 aromatic carbocycles. The third kappa shape index (κ3) is 3.34. The minimum Gasteiger partial charge on any atom is -0.480 e. The lowest BCUT2D eigenvalue weighted by atomic mass is 10.0. The molecule has 1 unspecified atom stereocenters. The van der Waals surface area contributed by atoms with Crippen molar-refractivity contribution in [2.45, 2.75) is 45.1 Å². The molecular weight excluding hydrogens is 306 g/mol. The molecule has 7 heteroatoms. The van der Waals surface area contributed by atoms with E-state index in [9.17, 15) is 9.90 Å². The van der Waals surface area contributed by atoms with Crippen molar-refractivity contribution >= 4 is 11.8 Å². The van der Waals surface area contributed by atoms with Gasteiger partial charge in [-0.1, -0.05) is 13.8 Å². The van der Waals surface area contributed by atoms with Gasteiger partial charge in [-0.3, -0.25) is 4.98 Å². The van der Waals surface area contributed by atoms with Gasteiger partial charge in [-0.2, -0.15) is 0 Å². The van der Waals surface area contributed by atoms with Crippen molar-refractivity contribution in [2.75, 3.05) is 11.4 Å². The minimum absolute atomic E-state index is 0.204. The number of anilines is 1. The number of carboxylic acids is 1. The van der Waals surface area contributed by atoms with Crippen LogP contribution in [0.4, 0.5) is 5.82 Å². The van der Waals surface area contributed by atoms with E-state index < -0.39 is 12.0 Å². The minimum atomic E-state index is -0.805. The fourth-order valence-electron chi connectivity index (χ4n) is 2.89. The Bertz CT molecular complexity index is 720. The van der Waals surface area contributed by atoms with Gasteiger partial charge in [-0.15, -0.1) is 0 Å². The van der Waals surface area contributed by atoms with Crippen molar-refractivity contribution < 1.29 is 9.90 Å². The molecule has 1 aliphatic rings. The van der Waals surface area contributed by atoms with Gasteiger partial charge in [0.25, 0.3) is 0 Å². The second-order valence-electron chi connectivity index (χ2n) is 6.26. The molecule has 3 rings (SSSR count). The van der Waals surface area contributed by atoms with Crippen LogP contribution in [0.25, 0.3) is 11.5 Å². The Balaban J connectivity index is 2.06. The Morgan fingerprint density at radius 3 is 2.79 bits per heavy atom. The smallest absolute Gasteiger partial charge is 0.326 e. The van der Waals surface area contributed by atoms with Crippen molar-refractivity contribution in [3.63, 3.8) is 0 Å². The van der Waals surface area contributed by atoms with E-state index in [4.69, 9.17) is 0 Å². The molecule has 2 aromatic rings. The number of hydrogen-bond donors (Lipinski definition) is 1. The second kappa shape index (κ2) is 6.90. The van der Waals surface area contributed by atoms with E-state index in [2.05, 4.69) is 33.8 Å². The predicted molar refractivity (Wildman–Crippen MR) is 89.8 cm³/mol. The first kappa shape index (κ1) is 16.3. The first-order valence-electron chi connectivity index (χ1n) is 8.21. The maximum Gasteiger partial charge on any atom is 0.326 e. The maximum atomic E-state index is 11.6. The van der Waals surface area contributed by atoms with Gasteiger partial charge in [-0.05, 0) is 25.2 Å². The van der Waals surface area contributed by atoms with Crippen LogP contribution in [0.3, 0.4) is 0 Å². The number of piperidine rings is 1. The van der Waals surface area contributed by atoms with E-state index in [0.717, 1.165) is 18.5 Å². The predicted octanol–water partition coefficient (Wildman–Crippen LogP) is 2.50. The van der Waals surface area contributed by atoms with Crippen molar-refractivity contribution in [3.8, 4) is 11.5 Å². The third-order valence-corrected chi connectivity index (χ3v) is 4.20. The molecule has 0 bridgehead atoms. The Hall–Kier alpha value is -2.57. The molecule has 0 amide bonds. The quantitative estimate of drug-likeness (QED) is 0.922. The van der Waals surface area contributed by atoms with Gasteiger partial charge in [-0.25, -0.2) is 19.7 Å². The van der Waals surface area contributed by atoms with Crippen LogP contribution in [0, 0.1) is 0 Å². The van der Waals surface area contributed by atoms with Crippen LogP contribution in [0.5, 0.6) is 0 Å². The zero-order valence-corrected chi connectivity index (χ0v) is 13.9. The largest absolute Gasteiger partial charge is 0.480 e. The summed E-state index contributed by atoms with van der Waals surface area (Å²) in [5.41, 5.74) is 1.46. The lowest BCUT2D eigenvalue weighted by Crippen LogP contribution is -2.45. The van der Waals surface area contributed by atoms with Gasteiger partial charge >= 0.3 is 5.97 Å². The Morgan fingerprint density at radius 1 is 1.29 bits per heavy atom. The molecule has 3 heterocycles. The molecule has 7 nitrogen and oxygen atoms in total. The van der Waals surface area contributed by atoms with Crippen LogP contribution in [-0.2, 0) is 4.79 Å². The van der Waals surface area contributed by atoms with Gasteiger partial charge < -0.3 is 10.0 Å². The van der Waals surface area contributed by atoms with Crippen LogP contribution in [0.2, 0.25) is 0 Å². The molecule has 1 fully saturated rings. The van der Waals surface area contributed by atoms with Crippen molar-refractivity contribution in [1.29, 1.82) is 0 Å². The molecule has 1 N–H and O–H groups in total. The summed E-state index contributed by atoms with van der Waals surface area (Å²) in [6.07, 6.45) is 7.34. The fraction of sp³-hybridized carbons (Fsp3) is 0.471. The summed E-state index contributed by atoms with van der Waals surface area (Å²) < 4.78 is 0. The van der Waals surface area contributed by atoms with E-state index in [-0.39, 0.29) is 5.92 Å². The summed E-state index contributed by atoms with van der Waals surface area (Å²) in [6.45, 7) is 4.79. The molecule has 24 heavy (non-hydrogen) atoms. The van der Waals surface area contributed by atoms with Gasteiger partial charge in [0.1, 0.15) is 17.6 Å². The fourth-order valence-corrected chi connectivity index (χ4v) is 2.89. The number of carbonyl (C=O) groups is 1. The molecule has 0 radical (unpaired) electrons. The second-order valence-corrected chi connectivity index (χ2v) is 6.26. The lowest BCUT2D eigenvalue weighted by Gasteiger charge is -2.34. The van der Waals surface area contributed by atoms with E-state index in [1.54, 1.807) is 18.6 Å². The summed E-state index contributed by atoms with van der Waals surface area (Å²) in [5, 5.41) is 9.53. The molecule has 126 valence electrons. The summed E-state index contributed by atoms with van der Waals surface area (Å²) in [5.74, 6) is 0.538. The van der Waals surface area contributed by atoms with Crippen LogP contribution < -0.4 is 4.90 Å².